The number of amides is 6. The van der Waals surface area contributed by atoms with E-state index in [1.165, 1.54) is 6.42 Å². The summed E-state index contributed by atoms with van der Waals surface area (Å²) in [5, 5.41) is 17.8. The summed E-state index contributed by atoms with van der Waals surface area (Å²) in [7, 11) is 0. The average molecular weight is 447 g/mol. The van der Waals surface area contributed by atoms with Crippen molar-refractivity contribution >= 4 is 24.2 Å². The van der Waals surface area contributed by atoms with Crippen molar-refractivity contribution in [2.45, 2.75) is 97.9 Å². The number of hydrogen-bond acceptors (Lipinski definition) is 6. The number of urea groups is 2. The lowest BCUT2D eigenvalue weighted by molar-refractivity contribution is 0.123. The van der Waals surface area contributed by atoms with E-state index in [9.17, 15) is 19.2 Å². The Kier molecular flexibility index (Phi) is 14.4. The van der Waals surface area contributed by atoms with Crippen molar-refractivity contribution in [2.24, 2.45) is 20.5 Å². The number of ether oxygens (including phenoxy) is 2. The standard InChI is InChI=1S/C11H19N3O3.C8H15N3O3.2H2/c1-8(2)17-11(16)14-13-10(15)12-9-6-4-3-5-7-9;1-5(2)9-7(12)10-11-8(13)14-6(3)4;;/h8-9H,3-7H2,1-2H3,(H,12,15);5-6H,1-4H3,(H,9,12);2*1H/b14-13+;11-10+;;. The molecule has 2 N–H and O–H groups in total. The Labute approximate surface area is 185 Å². The third-order valence-corrected chi connectivity index (χ3v) is 3.46. The van der Waals surface area contributed by atoms with E-state index in [1.807, 2.05) is 0 Å². The second kappa shape index (κ2) is 15.9. The van der Waals surface area contributed by atoms with Crippen LogP contribution in [-0.2, 0) is 9.47 Å². The van der Waals surface area contributed by atoms with Gasteiger partial charge in [-0.3, -0.25) is 0 Å². The number of hydrogen-bond donors (Lipinski definition) is 2. The molecule has 12 heteroatoms. The number of azo groups is 2. The summed E-state index contributed by atoms with van der Waals surface area (Å²) in [6.07, 6.45) is 3.18. The third-order valence-electron chi connectivity index (χ3n) is 3.46. The van der Waals surface area contributed by atoms with Crippen LogP contribution in [0.15, 0.2) is 20.5 Å². The molecule has 0 aromatic carbocycles. The van der Waals surface area contributed by atoms with Crippen LogP contribution in [0.2, 0.25) is 0 Å². The fourth-order valence-corrected chi connectivity index (χ4v) is 2.35. The van der Waals surface area contributed by atoms with E-state index >= 15 is 0 Å². The van der Waals surface area contributed by atoms with Gasteiger partial charge in [-0.1, -0.05) is 39.7 Å². The molecule has 1 fully saturated rings. The molecule has 180 valence electrons. The summed E-state index contributed by atoms with van der Waals surface area (Å²) in [4.78, 5) is 44.0. The zero-order chi connectivity index (χ0) is 23.8. The first-order valence-corrected chi connectivity index (χ1v) is 10.3. The van der Waals surface area contributed by atoms with Gasteiger partial charge in [0.15, 0.2) is 0 Å². The van der Waals surface area contributed by atoms with Gasteiger partial charge in [0.05, 0.1) is 12.2 Å². The molecular formula is C19H38N6O6. The number of nitrogens with zero attached hydrogens (tertiary/aromatic N) is 4. The van der Waals surface area contributed by atoms with Crippen LogP contribution in [0.5, 0.6) is 0 Å². The van der Waals surface area contributed by atoms with E-state index in [1.54, 1.807) is 41.5 Å². The number of carbonyl (C=O) groups excluding carboxylic acids is 4. The minimum atomic E-state index is -0.862. The minimum Gasteiger partial charge on any atom is -0.444 e. The predicted octanol–water partition coefficient (Wildman–Crippen LogP) is 5.62. The highest BCUT2D eigenvalue weighted by Gasteiger charge is 2.15. The lowest BCUT2D eigenvalue weighted by Gasteiger charge is -2.21. The molecule has 6 amide bonds. The molecule has 1 aliphatic carbocycles. The topological polar surface area (TPSA) is 160 Å². The number of carbonyl (C=O) groups is 4. The molecule has 0 atom stereocenters. The Hall–Kier alpha value is -2.92. The number of nitrogens with one attached hydrogen (secondary N) is 2. The van der Waals surface area contributed by atoms with Gasteiger partial charge in [-0.15, -0.1) is 0 Å². The lowest BCUT2D eigenvalue weighted by Crippen LogP contribution is -2.34. The lowest BCUT2D eigenvalue weighted by atomic mass is 9.96. The van der Waals surface area contributed by atoms with Gasteiger partial charge in [-0.25, -0.2) is 19.2 Å². The van der Waals surface area contributed by atoms with E-state index in [0.717, 1.165) is 25.7 Å². The van der Waals surface area contributed by atoms with Crippen LogP contribution < -0.4 is 10.6 Å². The molecule has 0 radical (unpaired) electrons. The van der Waals surface area contributed by atoms with E-state index in [2.05, 4.69) is 35.8 Å². The van der Waals surface area contributed by atoms with Crippen molar-refractivity contribution in [3.63, 3.8) is 0 Å². The van der Waals surface area contributed by atoms with E-state index < -0.39 is 24.2 Å². The molecule has 1 saturated carbocycles. The molecule has 0 bridgehead atoms. The van der Waals surface area contributed by atoms with Gasteiger partial charge in [0, 0.05) is 14.9 Å². The summed E-state index contributed by atoms with van der Waals surface area (Å²) < 4.78 is 9.34. The van der Waals surface area contributed by atoms with Gasteiger partial charge in [-0.2, -0.15) is 0 Å². The van der Waals surface area contributed by atoms with Crippen LogP contribution in [0.3, 0.4) is 0 Å². The molecule has 0 aromatic rings. The zero-order valence-corrected chi connectivity index (χ0v) is 19.1. The second-order valence-corrected chi connectivity index (χ2v) is 7.65. The average Bonchev–Trinajstić information content (AvgIpc) is 2.64. The molecular weight excluding hydrogens is 408 g/mol. The van der Waals surface area contributed by atoms with Gasteiger partial charge < -0.3 is 20.1 Å². The van der Waals surface area contributed by atoms with Crippen LogP contribution in [0.25, 0.3) is 0 Å². The van der Waals surface area contributed by atoms with Crippen LogP contribution in [0, 0.1) is 0 Å². The summed E-state index contributed by atoms with van der Waals surface area (Å²) in [5.74, 6) is 0. The summed E-state index contributed by atoms with van der Waals surface area (Å²) in [6.45, 7) is 10.3. The maximum absolute atomic E-state index is 11.3. The highest BCUT2D eigenvalue weighted by Crippen LogP contribution is 2.17. The molecule has 12 nitrogen and oxygen atoms in total. The largest absolute Gasteiger partial charge is 0.452 e. The van der Waals surface area contributed by atoms with Crippen LogP contribution in [0.4, 0.5) is 19.2 Å². The van der Waals surface area contributed by atoms with E-state index in [0.29, 0.717) is 0 Å². The normalized spacial score (nSPS) is 14.5. The SMILES string of the molecule is CC(C)NC(=O)/N=N/C(=O)OC(C)C.CC(C)OC(=O)/N=N/C(=O)NC1CCCCC1.[HH].[HH]. The molecule has 0 aliphatic heterocycles. The highest BCUT2D eigenvalue weighted by molar-refractivity contribution is 5.78. The Morgan fingerprint density at radius 1 is 0.742 bits per heavy atom. The van der Waals surface area contributed by atoms with E-state index in [-0.39, 0.29) is 27.1 Å². The van der Waals surface area contributed by atoms with Crippen LogP contribution in [0.1, 0.15) is 76.5 Å². The van der Waals surface area contributed by atoms with E-state index in [4.69, 9.17) is 4.74 Å². The molecule has 0 spiro atoms. The smallest absolute Gasteiger partial charge is 0.444 e. The van der Waals surface area contributed by atoms with Gasteiger partial charge in [-0.05, 0) is 54.4 Å². The van der Waals surface area contributed by atoms with Crippen molar-refractivity contribution in [1.29, 1.82) is 0 Å². The zero-order valence-electron chi connectivity index (χ0n) is 19.1. The summed E-state index contributed by atoms with van der Waals surface area (Å²) >= 11 is 0. The molecule has 1 aliphatic rings. The molecule has 1 rings (SSSR count). The molecule has 0 unspecified atom stereocenters. The molecule has 31 heavy (non-hydrogen) atoms. The van der Waals surface area contributed by atoms with Gasteiger partial charge in [0.2, 0.25) is 0 Å². The third kappa shape index (κ3) is 17.6. The van der Waals surface area contributed by atoms with Gasteiger partial charge in [0.1, 0.15) is 0 Å². The van der Waals surface area contributed by atoms with Crippen molar-refractivity contribution in [1.82, 2.24) is 10.6 Å². The first-order chi connectivity index (χ1) is 14.5. The maximum Gasteiger partial charge on any atom is 0.452 e. The summed E-state index contributed by atoms with van der Waals surface area (Å²) in [6, 6.07) is -1.10. The van der Waals surface area contributed by atoms with Crippen molar-refractivity contribution in [3.05, 3.63) is 0 Å². The van der Waals surface area contributed by atoms with Gasteiger partial charge in [0.25, 0.3) is 0 Å². The van der Waals surface area contributed by atoms with Crippen molar-refractivity contribution < 1.29 is 31.5 Å². The summed E-state index contributed by atoms with van der Waals surface area (Å²) in [5.41, 5.74) is 0. The monoisotopic (exact) mass is 446 g/mol. The highest BCUT2D eigenvalue weighted by atomic mass is 16.6. The van der Waals surface area contributed by atoms with Crippen molar-refractivity contribution in [3.8, 4) is 0 Å². The Bertz CT molecular complexity index is 629. The molecule has 0 saturated heterocycles. The first-order valence-electron chi connectivity index (χ1n) is 10.3. The predicted molar refractivity (Wildman–Crippen MR) is 116 cm³/mol. The Morgan fingerprint density at radius 2 is 1.19 bits per heavy atom. The van der Waals surface area contributed by atoms with Gasteiger partial charge >= 0.3 is 24.2 Å². The first kappa shape index (κ1) is 28.1. The Balaban J connectivity index is -0.000000524. The van der Waals surface area contributed by atoms with Crippen LogP contribution >= 0.6 is 0 Å². The molecule has 0 aromatic heterocycles. The maximum atomic E-state index is 11.3. The minimum absolute atomic E-state index is 0. The number of rotatable bonds is 4. The second-order valence-electron chi connectivity index (χ2n) is 7.65. The Morgan fingerprint density at radius 3 is 1.61 bits per heavy atom. The fraction of sp³-hybridized carbons (Fsp3) is 0.789. The quantitative estimate of drug-likeness (QED) is 0.533. The van der Waals surface area contributed by atoms with Crippen LogP contribution in [-0.4, -0.2) is 48.5 Å². The fourth-order valence-electron chi connectivity index (χ4n) is 2.35. The van der Waals surface area contributed by atoms with Crippen molar-refractivity contribution in [2.75, 3.05) is 0 Å². The molecule has 0 heterocycles.